The Morgan fingerprint density at radius 2 is 1.79 bits per heavy atom. The predicted molar refractivity (Wildman–Crippen MR) is 75.9 cm³/mol. The lowest BCUT2D eigenvalue weighted by atomic mass is 10.1. The second kappa shape index (κ2) is 4.46. The zero-order valence-corrected chi connectivity index (χ0v) is 11.3. The molecule has 3 aromatic heterocycles. The Morgan fingerprint density at radius 1 is 1.00 bits per heavy atom. The minimum absolute atomic E-state index is 0.365. The minimum Gasteiger partial charge on any atom is -0.313 e. The fourth-order valence-electron chi connectivity index (χ4n) is 2.17. The first-order chi connectivity index (χ1) is 9.15. The number of imidazole rings is 1. The maximum Gasteiger partial charge on any atom is 0.160 e. The Kier molecular flexibility index (Phi) is 2.78. The third-order valence-corrected chi connectivity index (χ3v) is 3.18. The van der Waals surface area contributed by atoms with Crippen LogP contribution in [0.25, 0.3) is 22.3 Å². The van der Waals surface area contributed by atoms with Gasteiger partial charge in [0.15, 0.2) is 5.65 Å². The number of hydrogen-bond donors (Lipinski definition) is 0. The normalized spacial score (nSPS) is 11.4. The Balaban J connectivity index is 2.12. The Bertz CT molecular complexity index is 728. The minimum atomic E-state index is 0.365. The van der Waals surface area contributed by atoms with Crippen LogP contribution in [0.2, 0.25) is 0 Å². The number of aromatic nitrogens is 4. The number of aryl methyl sites for hydroxylation is 1. The largest absolute Gasteiger partial charge is 0.313 e. The molecule has 0 bridgehead atoms. The van der Waals surface area contributed by atoms with Gasteiger partial charge in [0.25, 0.3) is 0 Å². The van der Waals surface area contributed by atoms with Crippen LogP contribution in [0.3, 0.4) is 0 Å². The monoisotopic (exact) mass is 252 g/mol. The molecule has 0 fully saturated rings. The molecule has 4 heteroatoms. The van der Waals surface area contributed by atoms with E-state index in [4.69, 9.17) is 0 Å². The smallest absolute Gasteiger partial charge is 0.160 e. The third kappa shape index (κ3) is 2.10. The maximum absolute atomic E-state index is 4.54. The molecule has 0 N–H and O–H groups in total. The van der Waals surface area contributed by atoms with Crippen LogP contribution in [0, 0.1) is 6.92 Å². The molecular weight excluding hydrogens is 236 g/mol. The van der Waals surface area contributed by atoms with Crippen molar-refractivity contribution in [1.29, 1.82) is 0 Å². The van der Waals surface area contributed by atoms with Gasteiger partial charge in [-0.15, -0.1) is 0 Å². The second-order valence-electron chi connectivity index (χ2n) is 5.06. The summed E-state index contributed by atoms with van der Waals surface area (Å²) in [5, 5.41) is 0. The highest BCUT2D eigenvalue weighted by atomic mass is 15.1. The molecule has 3 rings (SSSR count). The summed E-state index contributed by atoms with van der Waals surface area (Å²) in [5.41, 5.74) is 5.13. The van der Waals surface area contributed by atoms with E-state index in [0.29, 0.717) is 6.04 Å². The first-order valence-corrected chi connectivity index (χ1v) is 6.40. The molecule has 0 amide bonds. The Morgan fingerprint density at radius 3 is 2.53 bits per heavy atom. The molecule has 4 nitrogen and oxygen atoms in total. The van der Waals surface area contributed by atoms with Gasteiger partial charge >= 0.3 is 0 Å². The van der Waals surface area contributed by atoms with Crippen LogP contribution in [0.1, 0.15) is 25.5 Å². The molecule has 0 spiro atoms. The summed E-state index contributed by atoms with van der Waals surface area (Å²) < 4.78 is 2.08. The number of pyridine rings is 2. The SMILES string of the molecule is Cc1cncc(-c2cnc3c(c2)ncn3C(C)C)c1. The van der Waals surface area contributed by atoms with Crippen molar-refractivity contribution in [2.75, 3.05) is 0 Å². The third-order valence-electron chi connectivity index (χ3n) is 3.18. The topological polar surface area (TPSA) is 43.6 Å². The molecule has 19 heavy (non-hydrogen) atoms. The van der Waals surface area contributed by atoms with Crippen LogP contribution >= 0.6 is 0 Å². The van der Waals surface area contributed by atoms with Crippen LogP contribution < -0.4 is 0 Å². The van der Waals surface area contributed by atoms with Crippen molar-refractivity contribution in [1.82, 2.24) is 19.5 Å². The van der Waals surface area contributed by atoms with Crippen LogP contribution in [-0.2, 0) is 0 Å². The summed E-state index contributed by atoms with van der Waals surface area (Å²) in [6, 6.07) is 4.54. The summed E-state index contributed by atoms with van der Waals surface area (Å²) in [6.07, 6.45) is 7.44. The lowest BCUT2D eigenvalue weighted by molar-refractivity contribution is 0.613. The summed E-state index contributed by atoms with van der Waals surface area (Å²) in [6.45, 7) is 6.29. The molecule has 3 aromatic rings. The predicted octanol–water partition coefficient (Wildman–Crippen LogP) is 3.38. The van der Waals surface area contributed by atoms with Gasteiger partial charge < -0.3 is 4.57 Å². The molecule has 0 saturated heterocycles. The second-order valence-corrected chi connectivity index (χ2v) is 5.06. The molecule has 0 unspecified atom stereocenters. The van der Waals surface area contributed by atoms with Gasteiger partial charge in [-0.2, -0.15) is 0 Å². The van der Waals surface area contributed by atoms with E-state index in [1.807, 2.05) is 31.8 Å². The first-order valence-electron chi connectivity index (χ1n) is 6.40. The lowest BCUT2D eigenvalue weighted by Gasteiger charge is -2.07. The highest BCUT2D eigenvalue weighted by molar-refractivity contribution is 5.78. The van der Waals surface area contributed by atoms with E-state index in [2.05, 4.69) is 45.5 Å². The van der Waals surface area contributed by atoms with Gasteiger partial charge in [0.1, 0.15) is 5.52 Å². The quantitative estimate of drug-likeness (QED) is 0.702. The molecule has 0 aromatic carbocycles. The van der Waals surface area contributed by atoms with E-state index in [0.717, 1.165) is 27.9 Å². The lowest BCUT2D eigenvalue weighted by Crippen LogP contribution is -1.99. The fraction of sp³-hybridized carbons (Fsp3) is 0.267. The van der Waals surface area contributed by atoms with Gasteiger partial charge in [0.05, 0.1) is 6.33 Å². The molecule has 0 aliphatic heterocycles. The van der Waals surface area contributed by atoms with E-state index < -0.39 is 0 Å². The van der Waals surface area contributed by atoms with E-state index >= 15 is 0 Å². The average Bonchev–Trinajstić information content (AvgIpc) is 2.81. The van der Waals surface area contributed by atoms with Crippen molar-refractivity contribution in [3.63, 3.8) is 0 Å². The molecule has 3 heterocycles. The van der Waals surface area contributed by atoms with Gasteiger partial charge in [-0.05, 0) is 38.5 Å². The number of fused-ring (bicyclic) bond motifs is 1. The zero-order valence-electron chi connectivity index (χ0n) is 11.3. The average molecular weight is 252 g/mol. The molecule has 0 radical (unpaired) electrons. The van der Waals surface area contributed by atoms with Crippen molar-refractivity contribution in [2.45, 2.75) is 26.8 Å². The summed E-state index contributed by atoms with van der Waals surface area (Å²) in [5.74, 6) is 0. The molecule has 0 aliphatic rings. The molecule has 0 atom stereocenters. The van der Waals surface area contributed by atoms with E-state index in [-0.39, 0.29) is 0 Å². The van der Waals surface area contributed by atoms with Gasteiger partial charge in [-0.25, -0.2) is 9.97 Å². The van der Waals surface area contributed by atoms with Crippen molar-refractivity contribution >= 4 is 11.2 Å². The van der Waals surface area contributed by atoms with Gasteiger partial charge in [-0.3, -0.25) is 4.98 Å². The van der Waals surface area contributed by atoms with Crippen molar-refractivity contribution in [3.8, 4) is 11.1 Å². The highest BCUT2D eigenvalue weighted by Crippen LogP contribution is 2.23. The summed E-state index contributed by atoms with van der Waals surface area (Å²) in [4.78, 5) is 13.2. The zero-order chi connectivity index (χ0) is 13.4. The molecule has 0 aliphatic carbocycles. The van der Waals surface area contributed by atoms with Gasteiger partial charge in [0.2, 0.25) is 0 Å². The Hall–Kier alpha value is -2.23. The number of rotatable bonds is 2. The first kappa shape index (κ1) is 11.8. The van der Waals surface area contributed by atoms with Gasteiger partial charge in [0, 0.05) is 35.8 Å². The Labute approximate surface area is 112 Å². The van der Waals surface area contributed by atoms with E-state index in [1.54, 1.807) is 0 Å². The van der Waals surface area contributed by atoms with Crippen LogP contribution in [0.15, 0.2) is 37.1 Å². The van der Waals surface area contributed by atoms with E-state index in [9.17, 15) is 0 Å². The standard InChI is InChI=1S/C15H16N4/c1-10(2)19-9-18-14-5-13(8-17-15(14)19)12-4-11(3)6-16-7-12/h4-10H,1-3H3. The fourth-order valence-corrected chi connectivity index (χ4v) is 2.17. The van der Waals surface area contributed by atoms with E-state index in [1.165, 1.54) is 0 Å². The molecule has 0 saturated carbocycles. The number of hydrogen-bond acceptors (Lipinski definition) is 3. The summed E-state index contributed by atoms with van der Waals surface area (Å²) in [7, 11) is 0. The van der Waals surface area contributed by atoms with Crippen LogP contribution in [-0.4, -0.2) is 19.5 Å². The van der Waals surface area contributed by atoms with Crippen LogP contribution in [0.4, 0.5) is 0 Å². The molecular formula is C15H16N4. The number of nitrogens with zero attached hydrogens (tertiary/aromatic N) is 4. The highest BCUT2D eigenvalue weighted by Gasteiger charge is 2.08. The van der Waals surface area contributed by atoms with Crippen molar-refractivity contribution < 1.29 is 0 Å². The molecule has 96 valence electrons. The van der Waals surface area contributed by atoms with Gasteiger partial charge in [-0.1, -0.05) is 0 Å². The summed E-state index contributed by atoms with van der Waals surface area (Å²) >= 11 is 0. The van der Waals surface area contributed by atoms with Crippen molar-refractivity contribution in [3.05, 3.63) is 42.6 Å². The maximum atomic E-state index is 4.54. The van der Waals surface area contributed by atoms with Crippen molar-refractivity contribution in [2.24, 2.45) is 0 Å². The van der Waals surface area contributed by atoms with Crippen LogP contribution in [0.5, 0.6) is 0 Å².